The smallest absolute Gasteiger partial charge is 1.00 e. The second-order valence-corrected chi connectivity index (χ2v) is 3.08. The summed E-state index contributed by atoms with van der Waals surface area (Å²) in [6.45, 7) is 0. The third-order valence-electron chi connectivity index (χ3n) is 0. The molecule has 0 atom stereocenters. The Hall–Kier alpha value is 2.92. The van der Waals surface area contributed by atoms with Gasteiger partial charge in [-0.2, -0.15) is 0 Å². The van der Waals surface area contributed by atoms with Gasteiger partial charge in [0.1, 0.15) is 0 Å². The summed E-state index contributed by atoms with van der Waals surface area (Å²) in [6.07, 6.45) is 0. The summed E-state index contributed by atoms with van der Waals surface area (Å²) in [7, 11) is -9.28. The second-order valence-electron chi connectivity index (χ2n) is 1.03. The predicted octanol–water partition coefficient (Wildman–Crippen LogP) is -6.99. The van der Waals surface area contributed by atoms with E-state index in [0.29, 0.717) is 0 Å². The quantitative estimate of drug-likeness (QED) is 0.186. The molecule has 1 radical (unpaired) electrons. The summed E-state index contributed by atoms with van der Waals surface area (Å²) < 4.78 is 17.8. The van der Waals surface area contributed by atoms with E-state index >= 15 is 0 Å². The van der Waals surface area contributed by atoms with Crippen molar-refractivity contribution < 1.29 is 125 Å². The van der Waals surface area contributed by atoms with Crippen LogP contribution in [-0.2, 0) is 44.8 Å². The van der Waals surface area contributed by atoms with Crippen molar-refractivity contribution >= 4 is 15.6 Å². The van der Waals surface area contributed by atoms with Crippen LogP contribution < -0.4 is 48.4 Å². The largest absolute Gasteiger partial charge is 1.00 e. The second kappa shape index (κ2) is 19.3. The number of hydrogen-bond donors (Lipinski definition) is 6. The Balaban J connectivity index is -0.00000000762. The van der Waals surface area contributed by atoms with Crippen LogP contribution in [0, 0.1) is 0 Å². The first kappa shape index (κ1) is 43.0. The van der Waals surface area contributed by atoms with Crippen LogP contribution in [0.1, 0.15) is 10.3 Å². The Morgan fingerprint density at radius 1 is 0.800 bits per heavy atom. The van der Waals surface area contributed by atoms with E-state index in [1.54, 1.807) is 0 Å². The normalized spacial score (nSPS) is 7.87. The van der Waals surface area contributed by atoms with Crippen molar-refractivity contribution in [3.8, 4) is 0 Å². The zero-order valence-electron chi connectivity index (χ0n) is 9.19. The summed E-state index contributed by atoms with van der Waals surface area (Å²) in [5.74, 6) is 0. The van der Waals surface area contributed by atoms with Crippen molar-refractivity contribution in [2.45, 2.75) is 7.43 Å². The van der Waals surface area contributed by atoms with Crippen LogP contribution in [0.2, 0.25) is 0 Å². The van der Waals surface area contributed by atoms with Gasteiger partial charge in [0, 0.05) is 35.6 Å². The summed E-state index contributed by atoms with van der Waals surface area (Å²) in [5, 5.41) is 0. The van der Waals surface area contributed by atoms with Gasteiger partial charge in [0.05, 0.1) is 0 Å². The number of phosphoric acid groups is 2. The molecule has 0 spiro atoms. The summed E-state index contributed by atoms with van der Waals surface area (Å²) in [5.41, 5.74) is 0. The fourth-order valence-electron chi connectivity index (χ4n) is 0. The molecule has 8 nitrogen and oxygen atoms in total. The zero-order chi connectivity index (χ0) is 9.00. The molecule has 0 fully saturated rings. The van der Waals surface area contributed by atoms with Gasteiger partial charge >= 0.3 is 64.1 Å². The third kappa shape index (κ3) is 441. The van der Waals surface area contributed by atoms with Gasteiger partial charge in [-0.05, 0) is 0 Å². The van der Waals surface area contributed by atoms with Gasteiger partial charge in [-0.15, -0.1) is 0 Å². The SMILES string of the molecule is C.O=P(O)(O)O.O=P(O)(O)O.[Fe].[H-].[H-].[Li+].[Na+].[V]. The van der Waals surface area contributed by atoms with E-state index in [0.717, 1.165) is 0 Å². The molecule has 89 valence electrons. The molecular formula is CH12FeLiNaO8P2V. The van der Waals surface area contributed by atoms with E-state index in [1.807, 2.05) is 0 Å². The Labute approximate surface area is 147 Å². The molecular weight excluding hydrogens is 339 g/mol. The van der Waals surface area contributed by atoms with Gasteiger partial charge < -0.3 is 32.2 Å². The Morgan fingerprint density at radius 3 is 0.800 bits per heavy atom. The molecule has 0 aliphatic carbocycles. The van der Waals surface area contributed by atoms with Crippen molar-refractivity contribution in [2.75, 3.05) is 0 Å². The van der Waals surface area contributed by atoms with Crippen molar-refractivity contribution in [3.05, 3.63) is 0 Å². The van der Waals surface area contributed by atoms with E-state index in [2.05, 4.69) is 0 Å². The molecule has 14 heteroatoms. The zero-order valence-corrected chi connectivity index (χ0v) is 13.5. The van der Waals surface area contributed by atoms with Gasteiger partial charge in [-0.25, -0.2) is 9.13 Å². The first-order valence-electron chi connectivity index (χ1n) is 1.57. The molecule has 0 bridgehead atoms. The van der Waals surface area contributed by atoms with Gasteiger partial charge in [-0.1, -0.05) is 7.43 Å². The van der Waals surface area contributed by atoms with E-state index in [-0.39, 0.29) is 94.3 Å². The van der Waals surface area contributed by atoms with Gasteiger partial charge in [0.25, 0.3) is 0 Å². The monoisotopic (exact) mass is 351 g/mol. The van der Waals surface area contributed by atoms with E-state index in [9.17, 15) is 0 Å². The van der Waals surface area contributed by atoms with Crippen LogP contribution in [0.15, 0.2) is 0 Å². The maximum Gasteiger partial charge on any atom is 1.00 e. The third-order valence-corrected chi connectivity index (χ3v) is 0. The van der Waals surface area contributed by atoms with Crippen molar-refractivity contribution in [1.29, 1.82) is 0 Å². The van der Waals surface area contributed by atoms with Crippen molar-refractivity contribution in [2.24, 2.45) is 0 Å². The molecule has 0 amide bonds. The molecule has 0 rings (SSSR count). The predicted molar refractivity (Wildman–Crippen MR) is 37.5 cm³/mol. The van der Waals surface area contributed by atoms with E-state index < -0.39 is 15.6 Å². The van der Waals surface area contributed by atoms with Crippen LogP contribution in [0.3, 0.4) is 0 Å². The minimum Gasteiger partial charge on any atom is -1.00 e. The summed E-state index contributed by atoms with van der Waals surface area (Å²) >= 11 is 0. The molecule has 0 aromatic carbocycles. The van der Waals surface area contributed by atoms with E-state index in [4.69, 9.17) is 38.5 Å². The first-order chi connectivity index (χ1) is 4.00. The molecule has 0 unspecified atom stereocenters. The van der Waals surface area contributed by atoms with Crippen LogP contribution in [0.25, 0.3) is 0 Å². The molecule has 0 saturated heterocycles. The fourth-order valence-corrected chi connectivity index (χ4v) is 0. The fraction of sp³-hybridized carbons (Fsp3) is 1.00. The summed E-state index contributed by atoms with van der Waals surface area (Å²) in [4.78, 5) is 43.1. The van der Waals surface area contributed by atoms with Gasteiger partial charge in [0.2, 0.25) is 0 Å². The maximum atomic E-state index is 8.88. The van der Waals surface area contributed by atoms with Gasteiger partial charge in [-0.3, -0.25) is 0 Å². The number of rotatable bonds is 0. The van der Waals surface area contributed by atoms with Crippen LogP contribution in [0.5, 0.6) is 0 Å². The standard InChI is InChI=1S/CH4.Fe.Li.Na.2H3O4P.V.2H/c;;;;2*1-5(2,3)4;;;/h1H4;;;;2*(H3,1,2,3,4);;;/q;;2*+1;;;;2*-1. The van der Waals surface area contributed by atoms with Gasteiger partial charge in [0.15, 0.2) is 0 Å². The molecule has 0 heterocycles. The molecule has 0 saturated carbocycles. The Bertz CT molecular complexity index is 154. The van der Waals surface area contributed by atoms with Crippen molar-refractivity contribution in [1.82, 2.24) is 0 Å². The van der Waals surface area contributed by atoms with Crippen LogP contribution >= 0.6 is 15.6 Å². The molecule has 0 aliphatic rings. The number of hydrogen-bond acceptors (Lipinski definition) is 2. The van der Waals surface area contributed by atoms with E-state index in [1.165, 1.54) is 0 Å². The average Bonchev–Trinajstić information content (AvgIpc) is 1.12. The molecule has 0 aromatic rings. The molecule has 6 N–H and O–H groups in total. The van der Waals surface area contributed by atoms with Crippen molar-refractivity contribution in [3.63, 3.8) is 0 Å². The average molecular weight is 351 g/mol. The maximum absolute atomic E-state index is 8.88. The van der Waals surface area contributed by atoms with Crippen LogP contribution in [0.4, 0.5) is 0 Å². The topological polar surface area (TPSA) is 156 Å². The summed E-state index contributed by atoms with van der Waals surface area (Å²) in [6, 6.07) is 0. The molecule has 15 heavy (non-hydrogen) atoms. The molecule has 0 aromatic heterocycles. The Morgan fingerprint density at radius 2 is 0.800 bits per heavy atom. The van der Waals surface area contributed by atoms with Crippen LogP contribution in [-0.4, -0.2) is 29.4 Å². The Kier molecular flexibility index (Phi) is 55.3. The molecule has 0 aliphatic heterocycles. The minimum absolute atomic E-state index is 0. The minimum atomic E-state index is -4.64. The first-order valence-corrected chi connectivity index (χ1v) is 4.70.